The van der Waals surface area contributed by atoms with Crippen molar-refractivity contribution < 1.29 is 4.79 Å². The summed E-state index contributed by atoms with van der Waals surface area (Å²) in [6.07, 6.45) is 7.88. The number of hydrogen-bond acceptors (Lipinski definition) is 2. The van der Waals surface area contributed by atoms with Crippen molar-refractivity contribution in [1.29, 1.82) is 0 Å². The molecule has 22 heavy (non-hydrogen) atoms. The zero-order valence-corrected chi connectivity index (χ0v) is 12.4. The van der Waals surface area contributed by atoms with Crippen molar-refractivity contribution >= 4 is 11.6 Å². The van der Waals surface area contributed by atoms with Crippen LogP contribution < -0.4 is 5.32 Å². The summed E-state index contributed by atoms with van der Waals surface area (Å²) in [6, 6.07) is 11.7. The highest BCUT2D eigenvalue weighted by atomic mass is 16.1. The predicted molar refractivity (Wildman–Crippen MR) is 86.4 cm³/mol. The van der Waals surface area contributed by atoms with Crippen LogP contribution in [-0.4, -0.2) is 20.4 Å². The highest BCUT2D eigenvalue weighted by Gasteiger charge is 2.10. The molecular weight excluding hydrogens is 276 g/mol. The summed E-state index contributed by atoms with van der Waals surface area (Å²) in [7, 11) is 0. The molecule has 0 spiro atoms. The minimum absolute atomic E-state index is 0.00643. The summed E-state index contributed by atoms with van der Waals surface area (Å²) in [5, 5.41) is 2.92. The molecule has 0 bridgehead atoms. The number of benzene rings is 1. The molecule has 1 aromatic carbocycles. The van der Waals surface area contributed by atoms with E-state index < -0.39 is 0 Å². The standard InChI is InChI=1S/C17H18N4O/c1-13(21-10-2-3-11-21)12-16(22)20-15-6-4-14(5-7-15)17-18-8-9-19-17/h2-11,13H,12H2,1H3,(H,18,19)(H,20,22). The van der Waals surface area contributed by atoms with Crippen LogP contribution in [0.2, 0.25) is 0 Å². The maximum atomic E-state index is 12.1. The molecule has 0 aliphatic carbocycles. The van der Waals surface area contributed by atoms with E-state index in [0.29, 0.717) is 6.42 Å². The molecule has 1 amide bonds. The Morgan fingerprint density at radius 2 is 2.00 bits per heavy atom. The third-order valence-corrected chi connectivity index (χ3v) is 3.56. The van der Waals surface area contributed by atoms with E-state index in [1.54, 1.807) is 12.4 Å². The van der Waals surface area contributed by atoms with E-state index in [4.69, 9.17) is 0 Å². The van der Waals surface area contributed by atoms with Gasteiger partial charge in [0.15, 0.2) is 0 Å². The molecule has 1 atom stereocenters. The number of aromatic amines is 1. The van der Waals surface area contributed by atoms with Gasteiger partial charge in [0, 0.05) is 48.5 Å². The molecular formula is C17H18N4O. The summed E-state index contributed by atoms with van der Waals surface area (Å²) in [5.41, 5.74) is 1.78. The first-order valence-corrected chi connectivity index (χ1v) is 7.24. The van der Waals surface area contributed by atoms with Crippen molar-refractivity contribution in [2.24, 2.45) is 0 Å². The number of nitrogens with zero attached hydrogens (tertiary/aromatic N) is 2. The van der Waals surface area contributed by atoms with E-state index in [9.17, 15) is 4.79 Å². The second kappa shape index (κ2) is 6.30. The van der Waals surface area contributed by atoms with Crippen LogP contribution in [0.1, 0.15) is 19.4 Å². The van der Waals surface area contributed by atoms with E-state index in [1.807, 2.05) is 60.3 Å². The summed E-state index contributed by atoms with van der Waals surface area (Å²) in [5.74, 6) is 0.825. The van der Waals surface area contributed by atoms with E-state index in [1.165, 1.54) is 0 Å². The molecule has 3 aromatic rings. The van der Waals surface area contributed by atoms with Crippen LogP contribution in [0.4, 0.5) is 5.69 Å². The number of imidazole rings is 1. The van der Waals surface area contributed by atoms with Gasteiger partial charge in [0.25, 0.3) is 0 Å². The lowest BCUT2D eigenvalue weighted by atomic mass is 10.2. The number of anilines is 1. The summed E-state index contributed by atoms with van der Waals surface area (Å²) in [4.78, 5) is 19.3. The molecule has 2 aromatic heterocycles. The van der Waals surface area contributed by atoms with Crippen LogP contribution in [0.5, 0.6) is 0 Å². The lowest BCUT2D eigenvalue weighted by Gasteiger charge is -2.13. The zero-order valence-electron chi connectivity index (χ0n) is 12.4. The average molecular weight is 294 g/mol. The van der Waals surface area contributed by atoms with E-state index in [0.717, 1.165) is 17.1 Å². The summed E-state index contributed by atoms with van der Waals surface area (Å²) < 4.78 is 2.03. The van der Waals surface area contributed by atoms with Crippen molar-refractivity contribution in [3.8, 4) is 11.4 Å². The van der Waals surface area contributed by atoms with Gasteiger partial charge in [0.1, 0.15) is 5.82 Å². The quantitative estimate of drug-likeness (QED) is 0.757. The molecule has 5 heteroatoms. The van der Waals surface area contributed by atoms with Gasteiger partial charge in [0.05, 0.1) is 0 Å². The Kier molecular flexibility index (Phi) is 4.05. The third kappa shape index (κ3) is 3.25. The number of rotatable bonds is 5. The number of nitrogens with one attached hydrogen (secondary N) is 2. The lowest BCUT2D eigenvalue weighted by molar-refractivity contribution is -0.116. The van der Waals surface area contributed by atoms with Crippen molar-refractivity contribution in [2.45, 2.75) is 19.4 Å². The van der Waals surface area contributed by atoms with Gasteiger partial charge in [-0.05, 0) is 43.3 Å². The molecule has 0 aliphatic heterocycles. The van der Waals surface area contributed by atoms with Crippen LogP contribution in [0.25, 0.3) is 11.4 Å². The number of aromatic nitrogens is 3. The van der Waals surface area contributed by atoms with Crippen molar-refractivity contribution in [3.63, 3.8) is 0 Å². The third-order valence-electron chi connectivity index (χ3n) is 3.56. The normalized spacial score (nSPS) is 12.0. The minimum Gasteiger partial charge on any atom is -0.351 e. The topological polar surface area (TPSA) is 62.7 Å². The maximum absolute atomic E-state index is 12.1. The predicted octanol–water partition coefficient (Wildman–Crippen LogP) is 3.47. The Hall–Kier alpha value is -2.82. The molecule has 0 saturated heterocycles. The first kappa shape index (κ1) is 14.1. The molecule has 3 rings (SSSR count). The first-order valence-electron chi connectivity index (χ1n) is 7.24. The number of hydrogen-bond donors (Lipinski definition) is 2. The fraction of sp³-hybridized carbons (Fsp3) is 0.176. The summed E-state index contributed by atoms with van der Waals surface area (Å²) in [6.45, 7) is 2.03. The monoisotopic (exact) mass is 294 g/mol. The van der Waals surface area contributed by atoms with Crippen LogP contribution in [0.3, 0.4) is 0 Å². The Morgan fingerprint density at radius 1 is 1.27 bits per heavy atom. The Labute approximate surface area is 129 Å². The number of carbonyl (C=O) groups is 1. The van der Waals surface area contributed by atoms with Gasteiger partial charge in [-0.1, -0.05) is 0 Å². The van der Waals surface area contributed by atoms with Gasteiger partial charge in [-0.25, -0.2) is 4.98 Å². The molecule has 112 valence electrons. The fourth-order valence-corrected chi connectivity index (χ4v) is 2.36. The van der Waals surface area contributed by atoms with Crippen LogP contribution in [-0.2, 0) is 4.79 Å². The molecule has 1 unspecified atom stereocenters. The van der Waals surface area contributed by atoms with Gasteiger partial charge >= 0.3 is 0 Å². The van der Waals surface area contributed by atoms with Crippen molar-refractivity contribution in [3.05, 3.63) is 61.2 Å². The van der Waals surface area contributed by atoms with Crippen LogP contribution in [0, 0.1) is 0 Å². The van der Waals surface area contributed by atoms with Crippen molar-refractivity contribution in [1.82, 2.24) is 14.5 Å². The highest BCUT2D eigenvalue weighted by Crippen LogP contribution is 2.18. The molecule has 0 fully saturated rings. The largest absolute Gasteiger partial charge is 0.351 e. The highest BCUT2D eigenvalue weighted by molar-refractivity contribution is 5.91. The smallest absolute Gasteiger partial charge is 0.226 e. The number of H-pyrrole nitrogens is 1. The van der Waals surface area contributed by atoms with Crippen LogP contribution >= 0.6 is 0 Å². The Balaban J connectivity index is 1.60. The van der Waals surface area contributed by atoms with Crippen LogP contribution in [0.15, 0.2) is 61.2 Å². The molecule has 5 nitrogen and oxygen atoms in total. The molecule has 2 N–H and O–H groups in total. The van der Waals surface area contributed by atoms with Gasteiger partial charge in [-0.15, -0.1) is 0 Å². The first-order chi connectivity index (χ1) is 10.7. The molecule has 0 saturated carbocycles. The van der Waals surface area contributed by atoms with Gasteiger partial charge < -0.3 is 14.9 Å². The molecule has 0 aliphatic rings. The Morgan fingerprint density at radius 3 is 2.64 bits per heavy atom. The minimum atomic E-state index is 0.00643. The maximum Gasteiger partial charge on any atom is 0.226 e. The average Bonchev–Trinajstić information content (AvgIpc) is 3.21. The number of amides is 1. The fourth-order valence-electron chi connectivity index (χ4n) is 2.36. The molecule has 2 heterocycles. The van der Waals surface area contributed by atoms with E-state index in [2.05, 4.69) is 15.3 Å². The van der Waals surface area contributed by atoms with Crippen molar-refractivity contribution in [2.75, 3.05) is 5.32 Å². The Bertz CT molecular complexity index is 715. The second-order valence-electron chi connectivity index (χ2n) is 5.25. The SMILES string of the molecule is CC(CC(=O)Nc1ccc(-c2ncc[nH]2)cc1)n1cccc1. The number of carbonyl (C=O) groups excluding carboxylic acids is 1. The zero-order chi connectivity index (χ0) is 15.4. The summed E-state index contributed by atoms with van der Waals surface area (Å²) >= 11 is 0. The van der Waals surface area contributed by atoms with Gasteiger partial charge in [-0.3, -0.25) is 4.79 Å². The molecule has 0 radical (unpaired) electrons. The lowest BCUT2D eigenvalue weighted by Crippen LogP contribution is -2.16. The van der Waals surface area contributed by atoms with E-state index in [-0.39, 0.29) is 11.9 Å². The van der Waals surface area contributed by atoms with Gasteiger partial charge in [0.2, 0.25) is 5.91 Å². The second-order valence-corrected chi connectivity index (χ2v) is 5.25. The van der Waals surface area contributed by atoms with E-state index >= 15 is 0 Å². The van der Waals surface area contributed by atoms with Gasteiger partial charge in [-0.2, -0.15) is 0 Å².